The van der Waals surface area contributed by atoms with Gasteiger partial charge in [-0.15, -0.1) is 0 Å². The van der Waals surface area contributed by atoms with Crippen LogP contribution in [0.4, 0.5) is 5.69 Å². The van der Waals surface area contributed by atoms with E-state index in [0.717, 1.165) is 5.56 Å². The molecule has 2 rings (SSSR count). The molecule has 3 nitrogen and oxygen atoms in total. The molecule has 5 heteroatoms. The second kappa shape index (κ2) is 7.46. The first-order valence-electron chi connectivity index (χ1n) is 6.59. The first kappa shape index (κ1) is 15.8. The average molecular weight is 323 g/mol. The van der Waals surface area contributed by atoms with E-state index in [1.54, 1.807) is 18.2 Å². The summed E-state index contributed by atoms with van der Waals surface area (Å²) in [5.74, 6) is -0.165. The average Bonchev–Trinajstić information content (AvgIpc) is 2.49. The summed E-state index contributed by atoms with van der Waals surface area (Å²) in [6.45, 7) is 2.20. The van der Waals surface area contributed by atoms with Crippen molar-refractivity contribution in [3.63, 3.8) is 0 Å². The van der Waals surface area contributed by atoms with Crippen molar-refractivity contribution in [1.29, 1.82) is 0 Å². The third-order valence-electron chi connectivity index (χ3n) is 3.07. The lowest BCUT2D eigenvalue weighted by Gasteiger charge is -2.14. The molecule has 0 aliphatic carbocycles. The Hall–Kier alpha value is -1.55. The molecule has 0 radical (unpaired) electrons. The molecule has 2 N–H and O–H groups in total. The topological polar surface area (TPSA) is 41.1 Å². The van der Waals surface area contributed by atoms with Crippen LogP contribution in [0.3, 0.4) is 0 Å². The Labute approximate surface area is 134 Å². The number of halogens is 2. The van der Waals surface area contributed by atoms with Crippen molar-refractivity contribution in [3.05, 3.63) is 64.1 Å². The lowest BCUT2D eigenvalue weighted by Crippen LogP contribution is -2.30. The Kier molecular flexibility index (Phi) is 5.62. The standard InChI is InChI=1S/C16H16Cl2N2O/c1-11(12-5-3-2-4-6-12)19-10-16(21)20-15-9-13(17)7-8-14(15)18/h2-9,11,19H,10H2,1H3,(H,20,21)/t11-/m1/s1. The van der Waals surface area contributed by atoms with Crippen LogP contribution in [0, 0.1) is 0 Å². The molecule has 110 valence electrons. The fourth-order valence-electron chi connectivity index (χ4n) is 1.89. The second-order valence-electron chi connectivity index (χ2n) is 4.69. The van der Waals surface area contributed by atoms with Crippen LogP contribution >= 0.6 is 23.2 Å². The zero-order valence-corrected chi connectivity index (χ0v) is 13.1. The van der Waals surface area contributed by atoms with Crippen LogP contribution in [0.1, 0.15) is 18.5 Å². The number of hydrogen-bond acceptors (Lipinski definition) is 2. The van der Waals surface area contributed by atoms with Crippen LogP contribution in [-0.4, -0.2) is 12.5 Å². The highest BCUT2D eigenvalue weighted by molar-refractivity contribution is 6.35. The van der Waals surface area contributed by atoms with Gasteiger partial charge in [-0.1, -0.05) is 53.5 Å². The minimum absolute atomic E-state index is 0.0896. The minimum Gasteiger partial charge on any atom is -0.324 e. The minimum atomic E-state index is -0.165. The summed E-state index contributed by atoms with van der Waals surface area (Å²) in [6, 6.07) is 15.0. The van der Waals surface area contributed by atoms with Gasteiger partial charge in [0.25, 0.3) is 0 Å². The van der Waals surface area contributed by atoms with Gasteiger partial charge in [-0.25, -0.2) is 0 Å². The van der Waals surface area contributed by atoms with Crippen LogP contribution in [0.2, 0.25) is 10.0 Å². The lowest BCUT2D eigenvalue weighted by atomic mass is 10.1. The maximum atomic E-state index is 11.9. The quantitative estimate of drug-likeness (QED) is 0.862. The summed E-state index contributed by atoms with van der Waals surface area (Å²) in [7, 11) is 0. The molecule has 2 aromatic carbocycles. The smallest absolute Gasteiger partial charge is 0.238 e. The van der Waals surface area contributed by atoms with Gasteiger partial charge in [0.1, 0.15) is 0 Å². The molecular formula is C16H16Cl2N2O. The summed E-state index contributed by atoms with van der Waals surface area (Å²) < 4.78 is 0. The van der Waals surface area contributed by atoms with Gasteiger partial charge >= 0.3 is 0 Å². The number of benzene rings is 2. The Morgan fingerprint density at radius 3 is 2.57 bits per heavy atom. The van der Waals surface area contributed by atoms with Crippen LogP contribution in [0.15, 0.2) is 48.5 Å². The van der Waals surface area contributed by atoms with Crippen LogP contribution in [0.5, 0.6) is 0 Å². The van der Waals surface area contributed by atoms with Gasteiger partial charge in [0.2, 0.25) is 5.91 Å². The molecule has 21 heavy (non-hydrogen) atoms. The highest BCUT2D eigenvalue weighted by Gasteiger charge is 2.09. The third-order valence-corrected chi connectivity index (χ3v) is 3.64. The highest BCUT2D eigenvalue weighted by atomic mass is 35.5. The molecule has 0 fully saturated rings. The van der Waals surface area contributed by atoms with E-state index in [2.05, 4.69) is 10.6 Å². The summed E-state index contributed by atoms with van der Waals surface area (Å²) in [6.07, 6.45) is 0. The monoisotopic (exact) mass is 322 g/mol. The maximum absolute atomic E-state index is 11.9. The molecule has 0 aromatic heterocycles. The van der Waals surface area contributed by atoms with E-state index in [0.29, 0.717) is 15.7 Å². The molecule has 0 spiro atoms. The van der Waals surface area contributed by atoms with Crippen molar-refractivity contribution in [3.8, 4) is 0 Å². The Morgan fingerprint density at radius 1 is 1.14 bits per heavy atom. The van der Waals surface area contributed by atoms with E-state index < -0.39 is 0 Å². The van der Waals surface area contributed by atoms with Crippen molar-refractivity contribution in [2.24, 2.45) is 0 Å². The van der Waals surface area contributed by atoms with E-state index in [9.17, 15) is 4.79 Å². The fraction of sp³-hybridized carbons (Fsp3) is 0.188. The Morgan fingerprint density at radius 2 is 1.86 bits per heavy atom. The lowest BCUT2D eigenvalue weighted by molar-refractivity contribution is -0.115. The number of carbonyl (C=O) groups excluding carboxylic acids is 1. The van der Waals surface area contributed by atoms with Gasteiger partial charge in [0.15, 0.2) is 0 Å². The van der Waals surface area contributed by atoms with Crippen molar-refractivity contribution in [1.82, 2.24) is 5.32 Å². The number of amides is 1. The summed E-state index contributed by atoms with van der Waals surface area (Å²) in [4.78, 5) is 11.9. The highest BCUT2D eigenvalue weighted by Crippen LogP contribution is 2.25. The fourth-order valence-corrected chi connectivity index (χ4v) is 2.23. The molecule has 0 unspecified atom stereocenters. The number of carbonyl (C=O) groups is 1. The third kappa shape index (κ3) is 4.74. The Balaban J connectivity index is 1.89. The molecule has 0 saturated carbocycles. The molecule has 1 atom stereocenters. The van der Waals surface area contributed by atoms with Crippen molar-refractivity contribution in [2.45, 2.75) is 13.0 Å². The zero-order valence-electron chi connectivity index (χ0n) is 11.6. The van der Waals surface area contributed by atoms with E-state index in [-0.39, 0.29) is 18.5 Å². The summed E-state index contributed by atoms with van der Waals surface area (Å²) in [5, 5.41) is 6.89. The molecule has 0 heterocycles. The van der Waals surface area contributed by atoms with Gasteiger partial charge in [0.05, 0.1) is 17.3 Å². The predicted molar refractivity (Wildman–Crippen MR) is 88.0 cm³/mol. The van der Waals surface area contributed by atoms with Gasteiger partial charge in [-0.3, -0.25) is 4.79 Å². The van der Waals surface area contributed by atoms with E-state index in [4.69, 9.17) is 23.2 Å². The van der Waals surface area contributed by atoms with Gasteiger partial charge in [0, 0.05) is 11.1 Å². The number of nitrogens with one attached hydrogen (secondary N) is 2. The number of rotatable bonds is 5. The van der Waals surface area contributed by atoms with Crippen LogP contribution in [0.25, 0.3) is 0 Å². The zero-order chi connectivity index (χ0) is 15.2. The van der Waals surface area contributed by atoms with Crippen molar-refractivity contribution >= 4 is 34.8 Å². The summed E-state index contributed by atoms with van der Waals surface area (Å²) >= 11 is 11.9. The molecule has 2 aromatic rings. The van der Waals surface area contributed by atoms with Gasteiger partial charge in [-0.05, 0) is 30.7 Å². The van der Waals surface area contributed by atoms with E-state index >= 15 is 0 Å². The first-order chi connectivity index (χ1) is 10.1. The van der Waals surface area contributed by atoms with E-state index in [1.165, 1.54) is 0 Å². The molecule has 0 aliphatic heterocycles. The SMILES string of the molecule is C[C@@H](NCC(=O)Nc1cc(Cl)ccc1Cl)c1ccccc1. The normalized spacial score (nSPS) is 12.0. The molecular weight excluding hydrogens is 307 g/mol. The first-order valence-corrected chi connectivity index (χ1v) is 7.35. The largest absolute Gasteiger partial charge is 0.324 e. The molecule has 0 bridgehead atoms. The molecule has 0 aliphatic rings. The maximum Gasteiger partial charge on any atom is 0.238 e. The molecule has 0 saturated heterocycles. The Bertz CT molecular complexity index is 617. The van der Waals surface area contributed by atoms with E-state index in [1.807, 2.05) is 37.3 Å². The molecule has 1 amide bonds. The number of hydrogen-bond donors (Lipinski definition) is 2. The van der Waals surface area contributed by atoms with Crippen molar-refractivity contribution < 1.29 is 4.79 Å². The summed E-state index contributed by atoms with van der Waals surface area (Å²) in [5.41, 5.74) is 1.65. The van der Waals surface area contributed by atoms with Crippen LogP contribution in [-0.2, 0) is 4.79 Å². The van der Waals surface area contributed by atoms with Crippen molar-refractivity contribution in [2.75, 3.05) is 11.9 Å². The van der Waals surface area contributed by atoms with Crippen LogP contribution < -0.4 is 10.6 Å². The second-order valence-corrected chi connectivity index (χ2v) is 5.53. The number of anilines is 1. The predicted octanol–water partition coefficient (Wildman–Crippen LogP) is 4.28. The van der Waals surface area contributed by atoms with Gasteiger partial charge in [-0.2, -0.15) is 0 Å². The van der Waals surface area contributed by atoms with Gasteiger partial charge < -0.3 is 10.6 Å².